The third-order valence-corrected chi connectivity index (χ3v) is 1.96. The molecule has 1 aromatic carbocycles. The molecule has 0 bridgehead atoms. The summed E-state index contributed by atoms with van der Waals surface area (Å²) in [6.45, 7) is 0. The first-order valence-corrected chi connectivity index (χ1v) is 4.17. The fourth-order valence-electron chi connectivity index (χ4n) is 0.481. The predicted molar refractivity (Wildman–Crippen MR) is 41.3 cm³/mol. The van der Waals surface area contributed by atoms with E-state index in [1.807, 2.05) is 30.3 Å². The molecule has 2 heteroatoms. The first-order valence-electron chi connectivity index (χ1n) is 2.30. The van der Waals surface area contributed by atoms with Crippen molar-refractivity contribution in [3.8, 4) is 0 Å². The molecule has 0 aromatic heterocycles. The van der Waals surface area contributed by atoms with Crippen molar-refractivity contribution in [1.29, 1.82) is 0 Å². The van der Waals surface area contributed by atoms with Crippen LogP contribution in [-0.2, 0) is 0 Å². The Morgan fingerprint density at radius 1 is 1.12 bits per heavy atom. The molecule has 42 valence electrons. The minimum Gasteiger partial charge on any atom is -0.106 e. The van der Waals surface area contributed by atoms with Gasteiger partial charge >= 0.3 is 0 Å². The number of hydrogen-bond donors (Lipinski definition) is 1. The molecular weight excluding hydrogens is 136 g/mol. The molecule has 0 radical (unpaired) electrons. The highest BCUT2D eigenvalue weighted by atomic mass is 33.1. The topological polar surface area (TPSA) is 0 Å². The summed E-state index contributed by atoms with van der Waals surface area (Å²) in [7, 11) is 1.46. The molecule has 1 rings (SSSR count). The summed E-state index contributed by atoms with van der Waals surface area (Å²) in [5.74, 6) is 0. The van der Waals surface area contributed by atoms with E-state index in [0.29, 0.717) is 0 Å². The molecule has 0 atom stereocenters. The predicted octanol–water partition coefficient (Wildman–Crippen LogP) is 2.62. The fourth-order valence-corrected chi connectivity index (χ4v) is 1.13. The highest BCUT2D eigenvalue weighted by Crippen LogP contribution is 2.19. The molecule has 0 saturated carbocycles. The van der Waals surface area contributed by atoms with Crippen molar-refractivity contribution < 1.29 is 0 Å². The second-order valence-electron chi connectivity index (χ2n) is 1.40. The van der Waals surface area contributed by atoms with Gasteiger partial charge in [0, 0.05) is 4.90 Å². The Kier molecular flexibility index (Phi) is 2.30. The van der Waals surface area contributed by atoms with Gasteiger partial charge in [0.25, 0.3) is 0 Å². The molecule has 0 aliphatic heterocycles. The van der Waals surface area contributed by atoms with Crippen molar-refractivity contribution in [3.05, 3.63) is 30.3 Å². The lowest BCUT2D eigenvalue weighted by molar-refractivity contribution is 1.48. The zero-order chi connectivity index (χ0) is 5.82. The minimum atomic E-state index is 1.19. The van der Waals surface area contributed by atoms with Crippen molar-refractivity contribution >= 4 is 22.5 Å². The van der Waals surface area contributed by atoms with Gasteiger partial charge in [-0.15, -0.1) is 11.7 Å². The van der Waals surface area contributed by atoms with Gasteiger partial charge in [-0.3, -0.25) is 0 Å². The smallest absolute Gasteiger partial charge is 0.0180 e. The average Bonchev–Trinajstić information content (AvgIpc) is 1.90. The van der Waals surface area contributed by atoms with Gasteiger partial charge in [-0.1, -0.05) is 29.0 Å². The minimum absolute atomic E-state index is 1.19. The van der Waals surface area contributed by atoms with E-state index < -0.39 is 0 Å². The molecule has 0 aliphatic carbocycles. The standard InChI is InChI=1S/C6H6S2/c7-8-6-4-2-1-3-5-6/h1-5,7H. The Morgan fingerprint density at radius 2 is 1.75 bits per heavy atom. The van der Waals surface area contributed by atoms with Crippen molar-refractivity contribution in [1.82, 2.24) is 0 Å². The number of benzene rings is 1. The molecule has 0 spiro atoms. The lowest BCUT2D eigenvalue weighted by Crippen LogP contribution is -1.60. The van der Waals surface area contributed by atoms with E-state index in [-0.39, 0.29) is 0 Å². The highest BCUT2D eigenvalue weighted by molar-refractivity contribution is 8.68. The van der Waals surface area contributed by atoms with Gasteiger partial charge in [0.15, 0.2) is 0 Å². The van der Waals surface area contributed by atoms with Crippen LogP contribution in [0.3, 0.4) is 0 Å². The van der Waals surface area contributed by atoms with Gasteiger partial charge in [0.2, 0.25) is 0 Å². The number of thiol groups is 1. The van der Waals surface area contributed by atoms with Crippen molar-refractivity contribution in [2.45, 2.75) is 4.90 Å². The van der Waals surface area contributed by atoms with Crippen molar-refractivity contribution in [2.75, 3.05) is 0 Å². The van der Waals surface area contributed by atoms with Crippen LogP contribution in [0.1, 0.15) is 0 Å². The molecule has 0 heterocycles. The van der Waals surface area contributed by atoms with E-state index >= 15 is 0 Å². The zero-order valence-electron chi connectivity index (χ0n) is 4.24. The first kappa shape index (κ1) is 6.05. The molecule has 0 N–H and O–H groups in total. The van der Waals surface area contributed by atoms with Gasteiger partial charge in [-0.05, 0) is 12.1 Å². The third-order valence-electron chi connectivity index (χ3n) is 0.849. The molecule has 1 aromatic rings. The summed E-state index contributed by atoms with van der Waals surface area (Å²) >= 11 is 4.03. The first-order chi connectivity index (χ1) is 3.93. The van der Waals surface area contributed by atoms with Crippen molar-refractivity contribution in [3.63, 3.8) is 0 Å². The SMILES string of the molecule is SSc1ccccc1. The van der Waals surface area contributed by atoms with Crippen LogP contribution < -0.4 is 0 Å². The Balaban J connectivity index is 2.83. The largest absolute Gasteiger partial charge is 0.106 e. The second kappa shape index (κ2) is 3.05. The van der Waals surface area contributed by atoms with Gasteiger partial charge in [0.1, 0.15) is 0 Å². The Bertz CT molecular complexity index is 148. The summed E-state index contributed by atoms with van der Waals surface area (Å²) in [5.41, 5.74) is 0. The summed E-state index contributed by atoms with van der Waals surface area (Å²) in [4.78, 5) is 1.19. The summed E-state index contributed by atoms with van der Waals surface area (Å²) in [6, 6.07) is 10.0. The summed E-state index contributed by atoms with van der Waals surface area (Å²) < 4.78 is 0. The highest BCUT2D eigenvalue weighted by Gasteiger charge is 1.81. The van der Waals surface area contributed by atoms with Gasteiger partial charge in [-0.2, -0.15) is 0 Å². The molecule has 0 saturated heterocycles. The van der Waals surface area contributed by atoms with E-state index in [4.69, 9.17) is 0 Å². The molecule has 0 nitrogen and oxygen atoms in total. The second-order valence-corrected chi connectivity index (χ2v) is 2.61. The van der Waals surface area contributed by atoms with Gasteiger partial charge in [0.05, 0.1) is 0 Å². The van der Waals surface area contributed by atoms with Crippen LogP contribution in [0.15, 0.2) is 35.2 Å². The maximum Gasteiger partial charge on any atom is 0.0180 e. The molecule has 0 aliphatic rings. The lowest BCUT2D eigenvalue weighted by Gasteiger charge is -1.88. The van der Waals surface area contributed by atoms with Crippen molar-refractivity contribution in [2.24, 2.45) is 0 Å². The van der Waals surface area contributed by atoms with Gasteiger partial charge < -0.3 is 0 Å². The normalized spacial score (nSPS) is 9.12. The molecule has 8 heavy (non-hydrogen) atoms. The zero-order valence-corrected chi connectivity index (χ0v) is 5.95. The quantitative estimate of drug-likeness (QED) is 0.464. The van der Waals surface area contributed by atoms with Crippen LogP contribution in [0.25, 0.3) is 0 Å². The van der Waals surface area contributed by atoms with Crippen LogP contribution in [-0.4, -0.2) is 0 Å². The van der Waals surface area contributed by atoms with Gasteiger partial charge in [-0.25, -0.2) is 0 Å². The molecule has 0 fully saturated rings. The Labute approximate surface area is 58.1 Å². The average molecular weight is 142 g/mol. The number of rotatable bonds is 1. The van der Waals surface area contributed by atoms with E-state index in [1.165, 1.54) is 15.7 Å². The monoisotopic (exact) mass is 142 g/mol. The van der Waals surface area contributed by atoms with Crippen LogP contribution in [0, 0.1) is 0 Å². The summed E-state index contributed by atoms with van der Waals surface area (Å²) in [5, 5.41) is 0. The lowest BCUT2D eigenvalue weighted by atomic mass is 10.4. The third kappa shape index (κ3) is 1.46. The maximum atomic E-state index is 4.03. The van der Waals surface area contributed by atoms with Crippen LogP contribution in [0.4, 0.5) is 0 Å². The fraction of sp³-hybridized carbons (Fsp3) is 0. The Hall–Kier alpha value is -0.0800. The number of hydrogen-bond acceptors (Lipinski definition) is 2. The molecule has 0 unspecified atom stereocenters. The van der Waals surface area contributed by atoms with Crippen LogP contribution in [0.2, 0.25) is 0 Å². The van der Waals surface area contributed by atoms with E-state index in [1.54, 1.807) is 0 Å². The maximum absolute atomic E-state index is 4.03. The summed E-state index contributed by atoms with van der Waals surface area (Å²) in [6.07, 6.45) is 0. The van der Waals surface area contributed by atoms with E-state index in [0.717, 1.165) is 0 Å². The molecular formula is C6H6S2. The van der Waals surface area contributed by atoms with Crippen LogP contribution in [0.5, 0.6) is 0 Å². The van der Waals surface area contributed by atoms with Crippen LogP contribution >= 0.6 is 22.5 Å². The van der Waals surface area contributed by atoms with E-state index in [2.05, 4.69) is 11.7 Å². The Morgan fingerprint density at radius 3 is 2.12 bits per heavy atom. The molecule has 0 amide bonds. The van der Waals surface area contributed by atoms with E-state index in [9.17, 15) is 0 Å².